The average molecular weight is 397 g/mol. The van der Waals surface area contributed by atoms with Crippen molar-refractivity contribution in [2.45, 2.75) is 32.1 Å². The first kappa shape index (κ1) is 18.5. The summed E-state index contributed by atoms with van der Waals surface area (Å²) in [5.41, 5.74) is 4.41. The van der Waals surface area contributed by atoms with E-state index in [2.05, 4.69) is 58.5 Å². The zero-order chi connectivity index (χ0) is 20.5. The normalized spacial score (nSPS) is 15.7. The molecule has 6 heteroatoms. The van der Waals surface area contributed by atoms with Crippen LogP contribution >= 0.6 is 0 Å². The summed E-state index contributed by atoms with van der Waals surface area (Å²) < 4.78 is 7.27. The maximum atomic E-state index is 5.32. The SMILES string of the molecule is COc1ccc2c(CCc3nnc4n3N=C(c3ccccc3)CC4C)ccnc2c1. The summed E-state index contributed by atoms with van der Waals surface area (Å²) in [4.78, 5) is 4.48. The van der Waals surface area contributed by atoms with Gasteiger partial charge < -0.3 is 4.74 Å². The van der Waals surface area contributed by atoms with Gasteiger partial charge >= 0.3 is 0 Å². The summed E-state index contributed by atoms with van der Waals surface area (Å²) in [6, 6.07) is 18.4. The molecule has 0 N–H and O–H groups in total. The molecule has 3 heterocycles. The van der Waals surface area contributed by atoms with E-state index in [9.17, 15) is 0 Å². The van der Waals surface area contributed by atoms with Gasteiger partial charge in [0, 0.05) is 36.4 Å². The highest BCUT2D eigenvalue weighted by molar-refractivity contribution is 6.01. The number of aryl methyl sites for hydroxylation is 2. The van der Waals surface area contributed by atoms with Gasteiger partial charge in [-0.2, -0.15) is 5.10 Å². The van der Waals surface area contributed by atoms with E-state index in [4.69, 9.17) is 9.84 Å². The average Bonchev–Trinajstić information content (AvgIpc) is 3.21. The maximum Gasteiger partial charge on any atom is 0.157 e. The van der Waals surface area contributed by atoms with Crippen molar-refractivity contribution in [3.63, 3.8) is 0 Å². The summed E-state index contributed by atoms with van der Waals surface area (Å²) in [5, 5.41) is 14.9. The van der Waals surface area contributed by atoms with Crippen molar-refractivity contribution in [2.24, 2.45) is 5.10 Å². The van der Waals surface area contributed by atoms with Crippen LogP contribution < -0.4 is 4.74 Å². The van der Waals surface area contributed by atoms with E-state index < -0.39 is 0 Å². The van der Waals surface area contributed by atoms with E-state index in [1.54, 1.807) is 7.11 Å². The van der Waals surface area contributed by atoms with E-state index in [1.165, 1.54) is 5.56 Å². The molecule has 0 fully saturated rings. The van der Waals surface area contributed by atoms with Crippen LogP contribution in [0, 0.1) is 0 Å². The lowest BCUT2D eigenvalue weighted by molar-refractivity contribution is 0.415. The lowest BCUT2D eigenvalue weighted by atomic mass is 9.97. The number of benzene rings is 2. The van der Waals surface area contributed by atoms with Crippen LogP contribution in [0.4, 0.5) is 0 Å². The molecule has 0 saturated carbocycles. The molecule has 2 aromatic heterocycles. The molecule has 0 spiro atoms. The molecule has 0 radical (unpaired) electrons. The second-order valence-electron chi connectivity index (χ2n) is 7.66. The summed E-state index contributed by atoms with van der Waals surface area (Å²) in [6.45, 7) is 2.19. The van der Waals surface area contributed by atoms with Crippen LogP contribution in [0.15, 0.2) is 65.9 Å². The third-order valence-electron chi connectivity index (χ3n) is 5.66. The first-order chi connectivity index (χ1) is 14.7. The summed E-state index contributed by atoms with van der Waals surface area (Å²) in [5.74, 6) is 2.93. The molecule has 150 valence electrons. The first-order valence-electron chi connectivity index (χ1n) is 10.2. The second kappa shape index (κ2) is 7.71. The van der Waals surface area contributed by atoms with Crippen LogP contribution in [0.2, 0.25) is 0 Å². The van der Waals surface area contributed by atoms with Gasteiger partial charge in [0.2, 0.25) is 0 Å². The molecule has 0 aliphatic carbocycles. The second-order valence-corrected chi connectivity index (χ2v) is 7.66. The molecule has 30 heavy (non-hydrogen) atoms. The molecule has 2 aromatic carbocycles. The minimum absolute atomic E-state index is 0.285. The number of hydrogen-bond acceptors (Lipinski definition) is 5. The number of fused-ring (bicyclic) bond motifs is 2. The monoisotopic (exact) mass is 397 g/mol. The predicted octanol–water partition coefficient (Wildman–Crippen LogP) is 4.38. The Morgan fingerprint density at radius 3 is 2.73 bits per heavy atom. The Morgan fingerprint density at radius 2 is 1.90 bits per heavy atom. The highest BCUT2D eigenvalue weighted by Gasteiger charge is 2.25. The number of pyridine rings is 1. The largest absolute Gasteiger partial charge is 0.497 e. The number of hydrogen-bond donors (Lipinski definition) is 0. The fourth-order valence-electron chi connectivity index (χ4n) is 4.03. The third kappa shape index (κ3) is 3.34. The predicted molar refractivity (Wildman–Crippen MR) is 117 cm³/mol. The van der Waals surface area contributed by atoms with Gasteiger partial charge in [0.25, 0.3) is 0 Å². The van der Waals surface area contributed by atoms with Gasteiger partial charge in [-0.3, -0.25) is 4.98 Å². The van der Waals surface area contributed by atoms with E-state index in [0.717, 1.165) is 58.8 Å². The summed E-state index contributed by atoms with van der Waals surface area (Å²) in [6.07, 6.45) is 4.33. The molecule has 0 bridgehead atoms. The molecular weight excluding hydrogens is 374 g/mol. The molecule has 0 amide bonds. The number of methoxy groups -OCH3 is 1. The van der Waals surface area contributed by atoms with Crippen LogP contribution in [0.1, 0.15) is 42.0 Å². The number of nitrogens with zero attached hydrogens (tertiary/aromatic N) is 5. The van der Waals surface area contributed by atoms with Crippen LogP contribution in [-0.4, -0.2) is 32.7 Å². The third-order valence-corrected chi connectivity index (χ3v) is 5.66. The van der Waals surface area contributed by atoms with Crippen molar-refractivity contribution in [3.8, 4) is 5.75 Å². The van der Waals surface area contributed by atoms with Gasteiger partial charge in [-0.1, -0.05) is 37.3 Å². The fraction of sp³-hybridized carbons (Fsp3) is 0.250. The molecule has 1 atom stereocenters. The van der Waals surface area contributed by atoms with Gasteiger partial charge in [-0.15, -0.1) is 10.2 Å². The molecule has 4 aromatic rings. The van der Waals surface area contributed by atoms with Crippen molar-refractivity contribution >= 4 is 16.6 Å². The molecule has 0 saturated heterocycles. The van der Waals surface area contributed by atoms with Gasteiger partial charge in [0.15, 0.2) is 11.6 Å². The molecule has 1 aliphatic rings. The van der Waals surface area contributed by atoms with Crippen molar-refractivity contribution in [3.05, 3.63) is 83.6 Å². The van der Waals surface area contributed by atoms with Gasteiger partial charge in [-0.25, -0.2) is 4.68 Å². The minimum atomic E-state index is 0.285. The first-order valence-corrected chi connectivity index (χ1v) is 10.2. The van der Waals surface area contributed by atoms with Crippen molar-refractivity contribution in [2.75, 3.05) is 7.11 Å². The molecule has 5 rings (SSSR count). The number of ether oxygens (including phenoxy) is 1. The molecule has 1 aliphatic heterocycles. The van der Waals surface area contributed by atoms with E-state index >= 15 is 0 Å². The highest BCUT2D eigenvalue weighted by Crippen LogP contribution is 2.27. The van der Waals surface area contributed by atoms with Crippen molar-refractivity contribution < 1.29 is 4.74 Å². The Labute approximate surface area is 175 Å². The Hall–Kier alpha value is -3.54. The van der Waals surface area contributed by atoms with Crippen LogP contribution in [0.25, 0.3) is 10.9 Å². The quantitative estimate of drug-likeness (QED) is 0.501. The Balaban J connectivity index is 1.44. The maximum absolute atomic E-state index is 5.32. The zero-order valence-electron chi connectivity index (χ0n) is 17.1. The van der Waals surface area contributed by atoms with Crippen LogP contribution in [0.5, 0.6) is 5.75 Å². The van der Waals surface area contributed by atoms with E-state index in [1.807, 2.05) is 29.1 Å². The number of rotatable bonds is 5. The smallest absolute Gasteiger partial charge is 0.157 e. The zero-order valence-corrected chi connectivity index (χ0v) is 17.1. The minimum Gasteiger partial charge on any atom is -0.497 e. The lowest BCUT2D eigenvalue weighted by Gasteiger charge is -2.19. The molecule has 1 unspecified atom stereocenters. The summed E-state index contributed by atoms with van der Waals surface area (Å²) >= 11 is 0. The van der Waals surface area contributed by atoms with Crippen molar-refractivity contribution in [1.29, 1.82) is 0 Å². The van der Waals surface area contributed by atoms with E-state index in [0.29, 0.717) is 0 Å². The lowest BCUT2D eigenvalue weighted by Crippen LogP contribution is -2.19. The fourth-order valence-corrected chi connectivity index (χ4v) is 4.03. The summed E-state index contributed by atoms with van der Waals surface area (Å²) in [7, 11) is 1.67. The van der Waals surface area contributed by atoms with Crippen LogP contribution in [0.3, 0.4) is 0 Å². The Morgan fingerprint density at radius 1 is 1.03 bits per heavy atom. The van der Waals surface area contributed by atoms with Gasteiger partial charge in [-0.05, 0) is 35.7 Å². The van der Waals surface area contributed by atoms with Gasteiger partial charge in [0.1, 0.15) is 5.75 Å². The van der Waals surface area contributed by atoms with Crippen LogP contribution in [-0.2, 0) is 12.8 Å². The van der Waals surface area contributed by atoms with Crippen molar-refractivity contribution in [1.82, 2.24) is 19.9 Å². The molecule has 6 nitrogen and oxygen atoms in total. The van der Waals surface area contributed by atoms with Gasteiger partial charge in [0.05, 0.1) is 18.3 Å². The Kier molecular flexibility index (Phi) is 4.75. The van der Waals surface area contributed by atoms with E-state index in [-0.39, 0.29) is 5.92 Å². The topological polar surface area (TPSA) is 65.2 Å². The number of aromatic nitrogens is 4. The molecular formula is C24H23N5O. The Bertz CT molecular complexity index is 1230. The highest BCUT2D eigenvalue weighted by atomic mass is 16.5. The standard InChI is InChI=1S/C24H23N5O/c1-16-14-21(18-6-4-3-5-7-18)28-29-23(26-27-24(16)29)11-8-17-12-13-25-22-15-19(30-2)9-10-20(17)22/h3-7,9-10,12-13,15-16H,8,11,14H2,1-2H3.